The van der Waals surface area contributed by atoms with E-state index in [0.717, 1.165) is 12.8 Å². The van der Waals surface area contributed by atoms with Gasteiger partial charge in [0.2, 0.25) is 5.91 Å². The number of amides is 1. The lowest BCUT2D eigenvalue weighted by atomic mass is 10.1. The van der Waals surface area contributed by atoms with Crippen LogP contribution in [0.3, 0.4) is 0 Å². The number of nitrogens with zero attached hydrogens (tertiary/aromatic N) is 1. The number of hydrogen-bond donors (Lipinski definition) is 1. The normalized spacial score (nSPS) is 12.4. The topological polar surface area (TPSA) is 55.6 Å². The summed E-state index contributed by atoms with van der Waals surface area (Å²) in [4.78, 5) is 15.3. The van der Waals surface area contributed by atoms with Crippen LogP contribution in [0, 0.1) is 0 Å². The van der Waals surface area contributed by atoms with Crippen molar-refractivity contribution in [1.82, 2.24) is 4.90 Å². The third-order valence-corrected chi connectivity index (χ3v) is 3.76. The van der Waals surface area contributed by atoms with E-state index in [1.807, 2.05) is 23.3 Å². The summed E-state index contributed by atoms with van der Waals surface area (Å²) < 4.78 is 5.07. The van der Waals surface area contributed by atoms with E-state index in [1.165, 1.54) is 4.88 Å². The van der Waals surface area contributed by atoms with Crippen LogP contribution in [-0.2, 0) is 16.1 Å². The van der Waals surface area contributed by atoms with Gasteiger partial charge in [0.05, 0.1) is 13.2 Å². The van der Waals surface area contributed by atoms with Gasteiger partial charge in [0.25, 0.3) is 0 Å². The fraction of sp³-hybridized carbons (Fsp3) is 0.643. The molecule has 0 radical (unpaired) electrons. The van der Waals surface area contributed by atoms with Crippen molar-refractivity contribution in [1.29, 1.82) is 0 Å². The fourth-order valence-corrected chi connectivity index (χ4v) is 2.54. The molecule has 1 rings (SSSR count). The van der Waals surface area contributed by atoms with Crippen LogP contribution in [0.25, 0.3) is 0 Å². The van der Waals surface area contributed by atoms with Crippen LogP contribution in [0.2, 0.25) is 0 Å². The number of nitrogens with two attached hydrogens (primary N) is 1. The van der Waals surface area contributed by atoms with Crippen LogP contribution in [0.4, 0.5) is 0 Å². The molecule has 0 bridgehead atoms. The molecular weight excluding hydrogens is 260 g/mol. The van der Waals surface area contributed by atoms with Crippen LogP contribution in [0.5, 0.6) is 0 Å². The zero-order valence-electron chi connectivity index (χ0n) is 11.8. The predicted molar refractivity (Wildman–Crippen MR) is 79.1 cm³/mol. The second kappa shape index (κ2) is 9.07. The van der Waals surface area contributed by atoms with Gasteiger partial charge in [0.15, 0.2) is 0 Å². The summed E-state index contributed by atoms with van der Waals surface area (Å²) in [6.07, 6.45) is 2.31. The summed E-state index contributed by atoms with van der Waals surface area (Å²) in [7, 11) is 1.66. The Labute approximate surface area is 119 Å². The van der Waals surface area contributed by atoms with E-state index >= 15 is 0 Å². The highest BCUT2D eigenvalue weighted by atomic mass is 32.1. The Bertz CT molecular complexity index is 352. The highest BCUT2D eigenvalue weighted by Crippen LogP contribution is 2.13. The van der Waals surface area contributed by atoms with Gasteiger partial charge >= 0.3 is 0 Å². The Kier molecular flexibility index (Phi) is 7.70. The van der Waals surface area contributed by atoms with E-state index in [0.29, 0.717) is 26.1 Å². The van der Waals surface area contributed by atoms with Crippen molar-refractivity contribution in [3.05, 3.63) is 22.4 Å². The molecule has 2 N–H and O–H groups in total. The van der Waals surface area contributed by atoms with Crippen molar-refractivity contribution in [2.24, 2.45) is 5.73 Å². The largest absolute Gasteiger partial charge is 0.383 e. The maximum absolute atomic E-state index is 12.2. The van der Waals surface area contributed by atoms with Crippen molar-refractivity contribution in [3.63, 3.8) is 0 Å². The molecule has 0 fully saturated rings. The molecule has 0 saturated carbocycles. The Morgan fingerprint density at radius 3 is 2.95 bits per heavy atom. The average molecular weight is 284 g/mol. The first-order valence-corrected chi connectivity index (χ1v) is 7.56. The van der Waals surface area contributed by atoms with Gasteiger partial charge in [-0.15, -0.1) is 11.3 Å². The Balaban J connectivity index is 2.45. The van der Waals surface area contributed by atoms with Crippen LogP contribution in [0.15, 0.2) is 17.5 Å². The lowest BCUT2D eigenvalue weighted by molar-refractivity contribution is -0.132. The molecular formula is C14H24N2O2S. The fourth-order valence-electron chi connectivity index (χ4n) is 1.82. The van der Waals surface area contributed by atoms with Gasteiger partial charge in [-0.1, -0.05) is 6.07 Å². The Hall–Kier alpha value is -0.910. The smallest absolute Gasteiger partial charge is 0.222 e. The van der Waals surface area contributed by atoms with Gasteiger partial charge in [0, 0.05) is 31.0 Å². The standard InChI is InChI=1S/C14H24N2O2S/c1-12(15)5-3-7-14(17)16(8-9-18-2)11-13-6-4-10-19-13/h4,6,10,12H,3,5,7-9,11,15H2,1-2H3. The first kappa shape index (κ1) is 16.1. The SMILES string of the molecule is COCCN(Cc1cccs1)C(=O)CCCC(C)N. The summed E-state index contributed by atoms with van der Waals surface area (Å²) in [6.45, 7) is 3.87. The van der Waals surface area contributed by atoms with Crippen LogP contribution < -0.4 is 5.73 Å². The summed E-state index contributed by atoms with van der Waals surface area (Å²) in [5.41, 5.74) is 5.70. The maximum atomic E-state index is 12.2. The lowest BCUT2D eigenvalue weighted by Gasteiger charge is -2.22. The number of rotatable bonds is 9. The molecule has 1 amide bonds. The van der Waals surface area contributed by atoms with Crippen LogP contribution >= 0.6 is 11.3 Å². The molecule has 0 aliphatic heterocycles. The first-order valence-electron chi connectivity index (χ1n) is 6.68. The van der Waals surface area contributed by atoms with Crippen molar-refractivity contribution >= 4 is 17.2 Å². The van der Waals surface area contributed by atoms with Crippen molar-refractivity contribution in [2.45, 2.75) is 38.8 Å². The van der Waals surface area contributed by atoms with Gasteiger partial charge in [-0.2, -0.15) is 0 Å². The highest BCUT2D eigenvalue weighted by molar-refractivity contribution is 7.09. The Morgan fingerprint density at radius 1 is 1.58 bits per heavy atom. The molecule has 1 unspecified atom stereocenters. The molecule has 1 atom stereocenters. The van der Waals surface area contributed by atoms with Crippen LogP contribution in [-0.4, -0.2) is 37.1 Å². The van der Waals surface area contributed by atoms with E-state index in [4.69, 9.17) is 10.5 Å². The number of carbonyl (C=O) groups excluding carboxylic acids is 1. The number of carbonyl (C=O) groups is 1. The average Bonchev–Trinajstić information content (AvgIpc) is 2.86. The molecule has 5 heteroatoms. The predicted octanol–water partition coefficient (Wildman–Crippen LogP) is 2.24. The van der Waals surface area contributed by atoms with Crippen molar-refractivity contribution < 1.29 is 9.53 Å². The zero-order chi connectivity index (χ0) is 14.1. The molecule has 108 valence electrons. The molecule has 4 nitrogen and oxygen atoms in total. The summed E-state index contributed by atoms with van der Waals surface area (Å²) in [5.74, 6) is 0.186. The monoisotopic (exact) mass is 284 g/mol. The second-order valence-corrected chi connectivity index (χ2v) is 5.79. The van der Waals surface area contributed by atoms with Crippen molar-refractivity contribution in [3.8, 4) is 0 Å². The van der Waals surface area contributed by atoms with Gasteiger partial charge in [-0.25, -0.2) is 0 Å². The number of methoxy groups -OCH3 is 1. The highest BCUT2D eigenvalue weighted by Gasteiger charge is 2.14. The van der Waals surface area contributed by atoms with Gasteiger partial charge in [-0.3, -0.25) is 4.79 Å². The van der Waals surface area contributed by atoms with Gasteiger partial charge in [0.1, 0.15) is 0 Å². The molecule has 1 aromatic heterocycles. The second-order valence-electron chi connectivity index (χ2n) is 4.76. The van der Waals surface area contributed by atoms with E-state index in [1.54, 1.807) is 18.4 Å². The quantitative estimate of drug-likeness (QED) is 0.756. The molecule has 19 heavy (non-hydrogen) atoms. The number of hydrogen-bond acceptors (Lipinski definition) is 4. The molecule has 0 aromatic carbocycles. The van der Waals surface area contributed by atoms with Gasteiger partial charge in [-0.05, 0) is 31.2 Å². The zero-order valence-corrected chi connectivity index (χ0v) is 12.6. The molecule has 0 aliphatic carbocycles. The molecule has 0 aliphatic rings. The van der Waals surface area contributed by atoms with E-state index < -0.39 is 0 Å². The molecule has 1 heterocycles. The third kappa shape index (κ3) is 6.71. The Morgan fingerprint density at radius 2 is 2.37 bits per heavy atom. The van der Waals surface area contributed by atoms with E-state index in [2.05, 4.69) is 6.07 Å². The maximum Gasteiger partial charge on any atom is 0.222 e. The summed E-state index contributed by atoms with van der Waals surface area (Å²) in [6, 6.07) is 4.23. The van der Waals surface area contributed by atoms with Crippen LogP contribution in [0.1, 0.15) is 31.1 Å². The molecule has 0 saturated heterocycles. The molecule has 0 spiro atoms. The first-order chi connectivity index (χ1) is 9.13. The lowest BCUT2D eigenvalue weighted by Crippen LogP contribution is -2.33. The van der Waals surface area contributed by atoms with Crippen molar-refractivity contribution in [2.75, 3.05) is 20.3 Å². The number of thiophene rings is 1. The van der Waals surface area contributed by atoms with Gasteiger partial charge < -0.3 is 15.4 Å². The summed E-state index contributed by atoms with van der Waals surface area (Å²) in [5, 5.41) is 2.03. The molecule has 1 aromatic rings. The minimum atomic E-state index is 0.164. The third-order valence-electron chi connectivity index (χ3n) is 2.89. The minimum Gasteiger partial charge on any atom is -0.383 e. The van der Waals surface area contributed by atoms with E-state index in [-0.39, 0.29) is 11.9 Å². The van der Waals surface area contributed by atoms with E-state index in [9.17, 15) is 4.79 Å². The number of ether oxygens (including phenoxy) is 1. The summed E-state index contributed by atoms with van der Waals surface area (Å²) >= 11 is 1.68. The minimum absolute atomic E-state index is 0.164.